The summed E-state index contributed by atoms with van der Waals surface area (Å²) in [6.07, 6.45) is 6.20. The zero-order valence-corrected chi connectivity index (χ0v) is 8.79. The fourth-order valence-corrected chi connectivity index (χ4v) is 2.22. The molecule has 1 saturated heterocycles. The van der Waals surface area contributed by atoms with Gasteiger partial charge in [0.2, 0.25) is 0 Å². The van der Waals surface area contributed by atoms with Crippen molar-refractivity contribution in [1.29, 1.82) is 0 Å². The molecule has 0 saturated carbocycles. The van der Waals surface area contributed by atoms with Gasteiger partial charge in [-0.25, -0.2) is 10.0 Å². The van der Waals surface area contributed by atoms with Crippen molar-refractivity contribution in [3.05, 3.63) is 25.3 Å². The maximum Gasteiger partial charge on any atom is 0.0205 e. The number of hydrazine groups is 1. The molecule has 0 amide bonds. The second-order valence-corrected chi connectivity index (χ2v) is 4.12. The molecule has 0 atom stereocenters. The van der Waals surface area contributed by atoms with Crippen LogP contribution in [0.4, 0.5) is 0 Å². The smallest absolute Gasteiger partial charge is 0.0205 e. The van der Waals surface area contributed by atoms with Gasteiger partial charge in [-0.3, -0.25) is 0 Å². The molecule has 74 valence electrons. The SMILES string of the molecule is C=CCC1(CC=C)CN(C)N(C)C1. The van der Waals surface area contributed by atoms with Gasteiger partial charge in [0.1, 0.15) is 0 Å². The van der Waals surface area contributed by atoms with E-state index in [1.165, 1.54) is 0 Å². The van der Waals surface area contributed by atoms with Crippen molar-refractivity contribution < 1.29 is 0 Å². The average Bonchev–Trinajstić information content (AvgIpc) is 2.29. The van der Waals surface area contributed by atoms with Crippen molar-refractivity contribution in [3.63, 3.8) is 0 Å². The highest BCUT2D eigenvalue weighted by Crippen LogP contribution is 2.34. The first-order valence-corrected chi connectivity index (χ1v) is 4.77. The summed E-state index contributed by atoms with van der Waals surface area (Å²) in [6, 6.07) is 0. The highest BCUT2D eigenvalue weighted by atomic mass is 15.6. The zero-order valence-electron chi connectivity index (χ0n) is 8.79. The summed E-state index contributed by atoms with van der Waals surface area (Å²) in [6.45, 7) is 9.89. The number of nitrogens with zero attached hydrogens (tertiary/aromatic N) is 2. The van der Waals surface area contributed by atoms with Crippen LogP contribution < -0.4 is 0 Å². The van der Waals surface area contributed by atoms with Gasteiger partial charge in [-0.15, -0.1) is 13.2 Å². The minimum Gasteiger partial charge on any atom is -0.244 e. The molecule has 1 rings (SSSR count). The predicted octanol–water partition coefficient (Wildman–Crippen LogP) is 1.92. The molecular weight excluding hydrogens is 160 g/mol. The Balaban J connectivity index is 2.69. The standard InChI is InChI=1S/C11H20N2/c1-5-7-11(8-6-2)9-12(3)13(4)10-11/h5-6H,1-2,7-10H2,3-4H3. The maximum atomic E-state index is 3.83. The van der Waals surface area contributed by atoms with Gasteiger partial charge < -0.3 is 0 Å². The molecule has 1 aliphatic rings. The van der Waals surface area contributed by atoms with Crippen molar-refractivity contribution >= 4 is 0 Å². The maximum absolute atomic E-state index is 3.83. The van der Waals surface area contributed by atoms with Crippen LogP contribution in [-0.4, -0.2) is 37.2 Å². The predicted molar refractivity (Wildman–Crippen MR) is 57.3 cm³/mol. The van der Waals surface area contributed by atoms with Crippen molar-refractivity contribution in [1.82, 2.24) is 10.0 Å². The summed E-state index contributed by atoms with van der Waals surface area (Å²) in [4.78, 5) is 0. The van der Waals surface area contributed by atoms with Crippen LogP contribution in [-0.2, 0) is 0 Å². The molecule has 0 unspecified atom stereocenters. The minimum absolute atomic E-state index is 0.354. The molecule has 0 bridgehead atoms. The number of hydrogen-bond donors (Lipinski definition) is 0. The first-order valence-electron chi connectivity index (χ1n) is 4.77. The number of hydrogen-bond acceptors (Lipinski definition) is 2. The molecular formula is C11H20N2. The van der Waals surface area contributed by atoms with Crippen LogP contribution in [0.2, 0.25) is 0 Å². The molecule has 0 aromatic carbocycles. The molecule has 0 aromatic rings. The Morgan fingerprint density at radius 3 is 1.77 bits per heavy atom. The molecule has 0 N–H and O–H groups in total. The third-order valence-corrected chi connectivity index (χ3v) is 2.87. The largest absolute Gasteiger partial charge is 0.244 e. The Hall–Kier alpha value is -0.600. The normalized spacial score (nSPS) is 23.2. The van der Waals surface area contributed by atoms with Crippen molar-refractivity contribution in [2.45, 2.75) is 12.8 Å². The summed E-state index contributed by atoms with van der Waals surface area (Å²) in [5.74, 6) is 0. The van der Waals surface area contributed by atoms with Crippen LogP contribution in [0.3, 0.4) is 0 Å². The van der Waals surface area contributed by atoms with E-state index in [1.807, 2.05) is 12.2 Å². The third-order valence-electron chi connectivity index (χ3n) is 2.87. The summed E-state index contributed by atoms with van der Waals surface area (Å²) >= 11 is 0. The van der Waals surface area contributed by atoms with Crippen LogP contribution in [0.25, 0.3) is 0 Å². The molecule has 1 heterocycles. The van der Waals surface area contributed by atoms with Crippen LogP contribution >= 0.6 is 0 Å². The van der Waals surface area contributed by atoms with Gasteiger partial charge in [0.25, 0.3) is 0 Å². The van der Waals surface area contributed by atoms with Crippen LogP contribution in [0.15, 0.2) is 25.3 Å². The van der Waals surface area contributed by atoms with Gasteiger partial charge in [-0.2, -0.15) is 0 Å². The summed E-state index contributed by atoms with van der Waals surface area (Å²) in [5.41, 5.74) is 0.354. The molecule has 0 spiro atoms. The average molecular weight is 180 g/mol. The van der Waals surface area contributed by atoms with Gasteiger partial charge in [0.05, 0.1) is 0 Å². The quantitative estimate of drug-likeness (QED) is 0.610. The Labute approximate surface area is 81.5 Å². The first-order chi connectivity index (χ1) is 6.13. The fraction of sp³-hybridized carbons (Fsp3) is 0.636. The Bertz CT molecular complexity index is 176. The lowest BCUT2D eigenvalue weighted by atomic mass is 9.82. The molecule has 0 aromatic heterocycles. The lowest BCUT2D eigenvalue weighted by Gasteiger charge is -2.24. The van der Waals surface area contributed by atoms with E-state index in [0.29, 0.717) is 5.41 Å². The van der Waals surface area contributed by atoms with E-state index in [-0.39, 0.29) is 0 Å². The molecule has 2 nitrogen and oxygen atoms in total. The molecule has 0 radical (unpaired) electrons. The van der Waals surface area contributed by atoms with E-state index >= 15 is 0 Å². The van der Waals surface area contributed by atoms with Crippen LogP contribution in [0.1, 0.15) is 12.8 Å². The second kappa shape index (κ2) is 4.07. The summed E-state index contributed by atoms with van der Waals surface area (Å²) in [5, 5.41) is 4.54. The lowest BCUT2D eigenvalue weighted by molar-refractivity contribution is 0.0894. The highest BCUT2D eigenvalue weighted by Gasteiger charge is 2.37. The van der Waals surface area contributed by atoms with E-state index < -0.39 is 0 Å². The summed E-state index contributed by atoms with van der Waals surface area (Å²) < 4.78 is 0. The van der Waals surface area contributed by atoms with Gasteiger partial charge in [0.15, 0.2) is 0 Å². The Morgan fingerprint density at radius 1 is 1.08 bits per heavy atom. The van der Waals surface area contributed by atoms with E-state index in [4.69, 9.17) is 0 Å². The van der Waals surface area contributed by atoms with Crippen molar-refractivity contribution in [2.24, 2.45) is 5.41 Å². The molecule has 1 aliphatic heterocycles. The molecule has 13 heavy (non-hydrogen) atoms. The molecule has 1 fully saturated rings. The molecule has 2 heteroatoms. The van der Waals surface area contributed by atoms with E-state index in [9.17, 15) is 0 Å². The van der Waals surface area contributed by atoms with Crippen molar-refractivity contribution in [3.8, 4) is 0 Å². The first kappa shape index (κ1) is 10.5. The zero-order chi connectivity index (χ0) is 9.90. The van der Waals surface area contributed by atoms with Gasteiger partial charge in [0, 0.05) is 32.6 Å². The van der Waals surface area contributed by atoms with E-state index in [0.717, 1.165) is 25.9 Å². The van der Waals surface area contributed by atoms with Crippen LogP contribution in [0, 0.1) is 5.41 Å². The second-order valence-electron chi connectivity index (χ2n) is 4.12. The van der Waals surface area contributed by atoms with Gasteiger partial charge >= 0.3 is 0 Å². The minimum atomic E-state index is 0.354. The fourth-order valence-electron chi connectivity index (χ4n) is 2.22. The van der Waals surface area contributed by atoms with Gasteiger partial charge in [-0.1, -0.05) is 12.2 Å². The third kappa shape index (κ3) is 2.20. The van der Waals surface area contributed by atoms with E-state index in [1.54, 1.807) is 0 Å². The Morgan fingerprint density at radius 2 is 1.46 bits per heavy atom. The number of rotatable bonds is 4. The number of allylic oxidation sites excluding steroid dienone is 2. The van der Waals surface area contributed by atoms with Crippen molar-refractivity contribution in [2.75, 3.05) is 27.2 Å². The molecule has 0 aliphatic carbocycles. The van der Waals surface area contributed by atoms with Gasteiger partial charge in [-0.05, 0) is 12.8 Å². The van der Waals surface area contributed by atoms with E-state index in [2.05, 4.69) is 37.3 Å². The monoisotopic (exact) mass is 180 g/mol. The topological polar surface area (TPSA) is 6.48 Å². The lowest BCUT2D eigenvalue weighted by Crippen LogP contribution is -2.28. The highest BCUT2D eigenvalue weighted by molar-refractivity contribution is 4.97. The summed E-state index contributed by atoms with van der Waals surface area (Å²) in [7, 11) is 4.27. The Kier molecular flexibility index (Phi) is 3.28. The van der Waals surface area contributed by atoms with Crippen LogP contribution in [0.5, 0.6) is 0 Å².